The van der Waals surface area contributed by atoms with Gasteiger partial charge in [-0.1, -0.05) is 0 Å². The lowest BCUT2D eigenvalue weighted by Crippen LogP contribution is -2.12. The van der Waals surface area contributed by atoms with Crippen molar-refractivity contribution in [1.82, 2.24) is 9.94 Å². The van der Waals surface area contributed by atoms with E-state index in [1.165, 1.54) is 12.3 Å². The van der Waals surface area contributed by atoms with Crippen LogP contribution in [0.5, 0.6) is 0 Å². The fourth-order valence-electron chi connectivity index (χ4n) is 1.17. The first-order valence-corrected chi connectivity index (χ1v) is 3.70. The Bertz CT molecular complexity index is 476. The number of nitrogen functional groups attached to an aromatic ring is 1. The molecule has 0 aromatic carbocycles. The number of benzene rings is 1. The van der Waals surface area contributed by atoms with Crippen molar-refractivity contribution < 1.29 is 5.21 Å². The van der Waals surface area contributed by atoms with Crippen molar-refractivity contribution in [2.24, 2.45) is 0 Å². The molecule has 1 aliphatic carbocycles. The number of anilines is 1. The van der Waals surface area contributed by atoms with Crippen LogP contribution < -0.4 is 11.1 Å². The lowest BCUT2D eigenvalue weighted by Gasteiger charge is -2.08. The molecule has 5 heteroatoms. The second-order valence-electron chi connectivity index (χ2n) is 2.72. The Morgan fingerprint density at radius 2 is 2.23 bits per heavy atom. The molecule has 0 aromatic heterocycles. The minimum absolute atomic E-state index is 0.184. The van der Waals surface area contributed by atoms with Crippen molar-refractivity contribution in [2.75, 3.05) is 5.73 Å². The summed E-state index contributed by atoms with van der Waals surface area (Å²) in [6.07, 6.45) is 1.46. The molecular formula is C8H8N4O. The quantitative estimate of drug-likeness (QED) is 0.398. The summed E-state index contributed by atoms with van der Waals surface area (Å²) in [6.45, 7) is 0. The Morgan fingerprint density at radius 1 is 1.46 bits per heavy atom. The summed E-state index contributed by atoms with van der Waals surface area (Å²) >= 11 is 0. The number of hydrogen-bond acceptors (Lipinski definition) is 4. The summed E-state index contributed by atoms with van der Waals surface area (Å²) in [5.74, 6) is 0. The minimum atomic E-state index is 0.184. The molecule has 0 amide bonds. The highest BCUT2D eigenvalue weighted by Gasteiger charge is 2.06. The van der Waals surface area contributed by atoms with Gasteiger partial charge in [0.1, 0.15) is 5.69 Å². The van der Waals surface area contributed by atoms with Gasteiger partial charge < -0.3 is 10.9 Å². The molecule has 0 saturated carbocycles. The van der Waals surface area contributed by atoms with Gasteiger partial charge in [-0.25, -0.2) is 0 Å². The second-order valence-corrected chi connectivity index (χ2v) is 2.72. The third-order valence-corrected chi connectivity index (χ3v) is 1.84. The first-order chi connectivity index (χ1) is 6.18. The van der Waals surface area contributed by atoms with Crippen LogP contribution in [0.3, 0.4) is 0 Å². The zero-order valence-corrected chi connectivity index (χ0v) is 6.73. The highest BCUT2D eigenvalue weighted by molar-refractivity contribution is 5.65. The van der Waals surface area contributed by atoms with E-state index in [0.717, 1.165) is 10.4 Å². The number of nitrogens with one attached hydrogen (secondary N) is 1. The molecule has 0 aromatic rings. The van der Waals surface area contributed by atoms with Crippen molar-refractivity contribution >= 4 is 5.69 Å². The van der Waals surface area contributed by atoms with E-state index < -0.39 is 0 Å². The van der Waals surface area contributed by atoms with E-state index in [-0.39, 0.29) is 5.36 Å². The summed E-state index contributed by atoms with van der Waals surface area (Å²) in [5.41, 5.74) is 7.15. The van der Waals surface area contributed by atoms with Crippen LogP contribution in [0, 0.1) is 5.41 Å². The first-order valence-electron chi connectivity index (χ1n) is 3.70. The van der Waals surface area contributed by atoms with Gasteiger partial charge in [0.2, 0.25) is 0 Å². The molecule has 1 aliphatic heterocycles. The maximum atomic E-state index is 9.27. The lowest BCUT2D eigenvalue weighted by molar-refractivity contribution is 0.148. The number of nitrogens with two attached hydrogens (primary N) is 1. The highest BCUT2D eigenvalue weighted by Crippen LogP contribution is 2.18. The summed E-state index contributed by atoms with van der Waals surface area (Å²) < 4.78 is 0. The largest absolute Gasteiger partial charge is 0.411 e. The molecule has 0 atom stereocenters. The lowest BCUT2D eigenvalue weighted by atomic mass is 10.1. The predicted molar refractivity (Wildman–Crippen MR) is 46.3 cm³/mol. The van der Waals surface area contributed by atoms with Gasteiger partial charge in [0.05, 0.1) is 17.2 Å². The molecule has 1 heterocycles. The molecule has 0 saturated heterocycles. The molecular weight excluding hydrogens is 168 g/mol. The van der Waals surface area contributed by atoms with Gasteiger partial charge in [0, 0.05) is 5.56 Å². The maximum Gasteiger partial charge on any atom is 0.110 e. The molecule has 0 bridgehead atoms. The van der Waals surface area contributed by atoms with E-state index in [1.807, 2.05) is 0 Å². The van der Waals surface area contributed by atoms with Crippen LogP contribution in [0.15, 0.2) is 24.4 Å². The van der Waals surface area contributed by atoms with E-state index in [9.17, 15) is 5.21 Å². The van der Waals surface area contributed by atoms with Gasteiger partial charge in [-0.3, -0.25) is 5.41 Å². The molecule has 66 valence electrons. The van der Waals surface area contributed by atoms with Gasteiger partial charge in [-0.15, -0.1) is 9.94 Å². The van der Waals surface area contributed by atoms with Gasteiger partial charge >= 0.3 is 0 Å². The van der Waals surface area contributed by atoms with Crippen LogP contribution in [0.2, 0.25) is 0 Å². The van der Waals surface area contributed by atoms with E-state index in [4.69, 9.17) is 11.1 Å². The van der Waals surface area contributed by atoms with Gasteiger partial charge in [0.25, 0.3) is 0 Å². The SMILES string of the molecule is N=c1cc2n(O)nccc-2cc1N. The van der Waals surface area contributed by atoms with Gasteiger partial charge in [-0.05, 0) is 18.2 Å². The normalized spacial score (nSPS) is 10.5. The van der Waals surface area contributed by atoms with E-state index in [0.29, 0.717) is 11.4 Å². The summed E-state index contributed by atoms with van der Waals surface area (Å²) in [4.78, 5) is 0.729. The van der Waals surface area contributed by atoms with Gasteiger partial charge in [0.15, 0.2) is 0 Å². The Kier molecular flexibility index (Phi) is 1.45. The second kappa shape index (κ2) is 2.48. The third-order valence-electron chi connectivity index (χ3n) is 1.84. The molecule has 4 N–H and O–H groups in total. The highest BCUT2D eigenvalue weighted by atomic mass is 16.5. The van der Waals surface area contributed by atoms with Crippen molar-refractivity contribution in [3.05, 3.63) is 29.8 Å². The standard InChI is InChI=1S/C8H8N4O/c9-6-3-5-1-2-11-12(13)8(5)4-7(6)10/h1-4,10,13H,9H2. The van der Waals surface area contributed by atoms with Crippen molar-refractivity contribution in [3.8, 4) is 11.3 Å². The van der Waals surface area contributed by atoms with E-state index in [1.54, 1.807) is 12.1 Å². The van der Waals surface area contributed by atoms with Crippen LogP contribution in [0.1, 0.15) is 0 Å². The molecule has 2 rings (SSSR count). The number of fused-ring (bicyclic) bond motifs is 1. The number of aromatic nitrogens is 2. The number of rotatable bonds is 0. The molecule has 2 aliphatic rings. The van der Waals surface area contributed by atoms with Crippen LogP contribution in [0.25, 0.3) is 11.3 Å². The van der Waals surface area contributed by atoms with Crippen LogP contribution in [0.4, 0.5) is 5.69 Å². The molecule has 5 nitrogen and oxygen atoms in total. The fourth-order valence-corrected chi connectivity index (χ4v) is 1.17. The first kappa shape index (κ1) is 7.60. The molecule has 13 heavy (non-hydrogen) atoms. The van der Waals surface area contributed by atoms with Crippen molar-refractivity contribution in [1.29, 1.82) is 5.41 Å². The molecule has 0 unspecified atom stereocenters. The number of hydrogen-bond donors (Lipinski definition) is 3. The average molecular weight is 176 g/mol. The minimum Gasteiger partial charge on any atom is -0.411 e. The monoisotopic (exact) mass is 176 g/mol. The number of nitrogens with zero attached hydrogens (tertiary/aromatic N) is 2. The molecule has 0 fully saturated rings. The smallest absolute Gasteiger partial charge is 0.110 e. The van der Waals surface area contributed by atoms with Gasteiger partial charge in [-0.2, -0.15) is 0 Å². The summed E-state index contributed by atoms with van der Waals surface area (Å²) in [6, 6.07) is 4.82. The zero-order chi connectivity index (χ0) is 9.42. The average Bonchev–Trinajstić information content (AvgIpc) is 2.09. The third kappa shape index (κ3) is 1.10. The van der Waals surface area contributed by atoms with Crippen LogP contribution in [-0.4, -0.2) is 15.2 Å². The Hall–Kier alpha value is -2.04. The fraction of sp³-hybridized carbons (Fsp3) is 0. The summed E-state index contributed by atoms with van der Waals surface area (Å²) in [5, 5.41) is 20.5. The Morgan fingerprint density at radius 3 is 3.00 bits per heavy atom. The Labute approximate surface area is 73.9 Å². The van der Waals surface area contributed by atoms with Crippen molar-refractivity contribution in [2.45, 2.75) is 0 Å². The Balaban J connectivity index is 2.89. The van der Waals surface area contributed by atoms with Crippen LogP contribution >= 0.6 is 0 Å². The topological polar surface area (TPSA) is 87.9 Å². The van der Waals surface area contributed by atoms with Crippen molar-refractivity contribution in [3.63, 3.8) is 0 Å². The summed E-state index contributed by atoms with van der Waals surface area (Å²) in [7, 11) is 0. The zero-order valence-electron chi connectivity index (χ0n) is 6.73. The molecule has 0 radical (unpaired) electrons. The van der Waals surface area contributed by atoms with E-state index >= 15 is 0 Å². The predicted octanol–water partition coefficient (Wildman–Crippen LogP) is 0.287. The van der Waals surface area contributed by atoms with E-state index in [2.05, 4.69) is 5.10 Å². The molecule has 0 spiro atoms. The maximum absolute atomic E-state index is 9.27. The van der Waals surface area contributed by atoms with Crippen LogP contribution in [-0.2, 0) is 0 Å².